The second-order valence-electron chi connectivity index (χ2n) is 7.34. The number of hydrogen-bond donors (Lipinski definition) is 1. The van der Waals surface area contributed by atoms with E-state index >= 15 is 0 Å². The highest BCUT2D eigenvalue weighted by atomic mass is 19.1. The van der Waals surface area contributed by atoms with Gasteiger partial charge in [-0.25, -0.2) is 14.4 Å². The van der Waals surface area contributed by atoms with E-state index in [4.69, 9.17) is 4.98 Å². The van der Waals surface area contributed by atoms with E-state index in [2.05, 4.69) is 20.1 Å². The highest BCUT2D eigenvalue weighted by Crippen LogP contribution is 2.28. The van der Waals surface area contributed by atoms with Crippen molar-refractivity contribution in [3.05, 3.63) is 47.2 Å². The Bertz CT molecular complexity index is 844. The van der Waals surface area contributed by atoms with Gasteiger partial charge < -0.3 is 15.1 Å². The van der Waals surface area contributed by atoms with Crippen LogP contribution in [-0.4, -0.2) is 48.6 Å². The minimum absolute atomic E-state index is 0.105. The molecular formula is C20H24FN5O. The second-order valence-corrected chi connectivity index (χ2v) is 7.34. The number of anilines is 2. The lowest BCUT2D eigenvalue weighted by Gasteiger charge is -2.38. The Kier molecular flexibility index (Phi) is 4.68. The molecule has 0 atom stereocenters. The molecule has 1 fully saturated rings. The molecule has 4 rings (SSSR count). The second kappa shape index (κ2) is 7.13. The molecule has 27 heavy (non-hydrogen) atoms. The molecular weight excluding hydrogens is 345 g/mol. The first-order valence-corrected chi connectivity index (χ1v) is 9.47. The van der Waals surface area contributed by atoms with Gasteiger partial charge in [-0.05, 0) is 30.7 Å². The van der Waals surface area contributed by atoms with Crippen molar-refractivity contribution in [2.75, 3.05) is 42.5 Å². The van der Waals surface area contributed by atoms with Crippen molar-refractivity contribution >= 4 is 17.4 Å². The van der Waals surface area contributed by atoms with E-state index in [9.17, 15) is 9.18 Å². The van der Waals surface area contributed by atoms with E-state index in [1.807, 2.05) is 26.0 Å². The summed E-state index contributed by atoms with van der Waals surface area (Å²) >= 11 is 0. The molecule has 7 heteroatoms. The lowest BCUT2D eigenvalue weighted by Crippen LogP contribution is -2.48. The predicted molar refractivity (Wildman–Crippen MR) is 103 cm³/mol. The molecule has 1 N–H and O–H groups in total. The number of benzene rings is 1. The van der Waals surface area contributed by atoms with Gasteiger partial charge in [0.2, 0.25) is 0 Å². The molecule has 0 unspecified atom stereocenters. The Balaban J connectivity index is 1.59. The third-order valence-corrected chi connectivity index (χ3v) is 5.17. The van der Waals surface area contributed by atoms with Gasteiger partial charge >= 0.3 is 0 Å². The summed E-state index contributed by atoms with van der Waals surface area (Å²) in [6.45, 7) is 7.97. The maximum absolute atomic E-state index is 13.2. The van der Waals surface area contributed by atoms with Gasteiger partial charge in [-0.3, -0.25) is 4.79 Å². The number of carbonyl (C=O) groups excluding carboxylic acids is 1. The number of aromatic nitrogens is 2. The molecule has 2 aliphatic rings. The molecule has 3 heterocycles. The lowest BCUT2D eigenvalue weighted by atomic mass is 10.0. The van der Waals surface area contributed by atoms with E-state index in [0.717, 1.165) is 49.7 Å². The van der Waals surface area contributed by atoms with Crippen LogP contribution in [0.2, 0.25) is 0 Å². The first kappa shape index (κ1) is 17.7. The summed E-state index contributed by atoms with van der Waals surface area (Å²) < 4.78 is 13.2. The fourth-order valence-corrected chi connectivity index (χ4v) is 3.64. The number of amides is 1. The molecule has 0 bridgehead atoms. The third-order valence-electron chi connectivity index (χ3n) is 5.17. The fourth-order valence-electron chi connectivity index (χ4n) is 3.64. The SMILES string of the molecule is CC(C)c1nc2c(c(N3CCN(c4ccc(F)cc4)CC3)n1)CCNC2=O. The average molecular weight is 369 g/mol. The lowest BCUT2D eigenvalue weighted by molar-refractivity contribution is 0.0940. The summed E-state index contributed by atoms with van der Waals surface area (Å²) in [5, 5.41) is 2.88. The quantitative estimate of drug-likeness (QED) is 0.900. The average Bonchev–Trinajstić information content (AvgIpc) is 2.68. The number of piperazine rings is 1. The van der Waals surface area contributed by atoms with Crippen LogP contribution in [0.3, 0.4) is 0 Å². The number of carbonyl (C=O) groups is 1. The summed E-state index contributed by atoms with van der Waals surface area (Å²) in [7, 11) is 0. The van der Waals surface area contributed by atoms with Crippen molar-refractivity contribution in [1.82, 2.24) is 15.3 Å². The molecule has 2 aromatic rings. The molecule has 6 nitrogen and oxygen atoms in total. The smallest absolute Gasteiger partial charge is 0.270 e. The first-order valence-electron chi connectivity index (χ1n) is 9.47. The van der Waals surface area contributed by atoms with Crippen molar-refractivity contribution in [3.63, 3.8) is 0 Å². The van der Waals surface area contributed by atoms with Gasteiger partial charge in [0.1, 0.15) is 23.2 Å². The van der Waals surface area contributed by atoms with E-state index in [1.54, 1.807) is 0 Å². The topological polar surface area (TPSA) is 61.4 Å². The molecule has 142 valence electrons. The first-order chi connectivity index (χ1) is 13.0. The van der Waals surface area contributed by atoms with Crippen LogP contribution in [0.15, 0.2) is 24.3 Å². The molecule has 0 spiro atoms. The van der Waals surface area contributed by atoms with Crippen LogP contribution in [0.1, 0.15) is 41.6 Å². The zero-order valence-electron chi connectivity index (χ0n) is 15.7. The minimum atomic E-state index is -0.218. The summed E-state index contributed by atoms with van der Waals surface area (Å²) in [5.41, 5.74) is 2.51. The number of halogens is 1. The summed E-state index contributed by atoms with van der Waals surface area (Å²) in [4.78, 5) is 26.1. The van der Waals surface area contributed by atoms with Crippen LogP contribution in [-0.2, 0) is 6.42 Å². The maximum Gasteiger partial charge on any atom is 0.270 e. The van der Waals surface area contributed by atoms with Crippen molar-refractivity contribution in [1.29, 1.82) is 0 Å². The van der Waals surface area contributed by atoms with Gasteiger partial charge in [0.15, 0.2) is 0 Å². The summed E-state index contributed by atoms with van der Waals surface area (Å²) in [6.07, 6.45) is 0.757. The van der Waals surface area contributed by atoms with Crippen molar-refractivity contribution in [3.8, 4) is 0 Å². The fraction of sp³-hybridized carbons (Fsp3) is 0.450. The molecule has 1 amide bonds. The van der Waals surface area contributed by atoms with Crippen LogP contribution in [0, 0.1) is 5.82 Å². The highest BCUT2D eigenvalue weighted by molar-refractivity contribution is 5.96. The minimum Gasteiger partial charge on any atom is -0.368 e. The predicted octanol–water partition coefficient (Wildman–Crippen LogP) is 2.35. The van der Waals surface area contributed by atoms with E-state index in [-0.39, 0.29) is 17.6 Å². The standard InChI is InChI=1S/C20H24FN5O/c1-13(2)18-23-17-16(7-8-22-20(17)27)19(24-18)26-11-9-25(10-12-26)15-5-3-14(21)4-6-15/h3-6,13H,7-12H2,1-2H3,(H,22,27). The van der Waals surface area contributed by atoms with Crippen LogP contribution < -0.4 is 15.1 Å². The van der Waals surface area contributed by atoms with Gasteiger partial charge in [0.25, 0.3) is 5.91 Å². The van der Waals surface area contributed by atoms with E-state index in [1.165, 1.54) is 12.1 Å². The normalized spacial score (nSPS) is 17.1. The molecule has 1 aromatic carbocycles. The third kappa shape index (κ3) is 3.46. The van der Waals surface area contributed by atoms with Gasteiger partial charge in [-0.1, -0.05) is 13.8 Å². The zero-order valence-corrected chi connectivity index (χ0v) is 15.7. The van der Waals surface area contributed by atoms with Gasteiger partial charge in [0, 0.05) is 49.9 Å². The Hall–Kier alpha value is -2.70. The van der Waals surface area contributed by atoms with E-state index < -0.39 is 0 Å². The zero-order chi connectivity index (χ0) is 19.0. The van der Waals surface area contributed by atoms with Crippen LogP contribution in [0.5, 0.6) is 0 Å². The number of hydrogen-bond acceptors (Lipinski definition) is 5. The largest absolute Gasteiger partial charge is 0.368 e. The Morgan fingerprint density at radius 2 is 1.70 bits per heavy atom. The summed E-state index contributed by atoms with van der Waals surface area (Å²) in [5.74, 6) is 1.44. The van der Waals surface area contributed by atoms with Crippen LogP contribution >= 0.6 is 0 Å². The molecule has 0 radical (unpaired) electrons. The van der Waals surface area contributed by atoms with Gasteiger partial charge in [-0.15, -0.1) is 0 Å². The van der Waals surface area contributed by atoms with Crippen molar-refractivity contribution in [2.24, 2.45) is 0 Å². The molecule has 2 aliphatic heterocycles. The Morgan fingerprint density at radius 1 is 1.04 bits per heavy atom. The van der Waals surface area contributed by atoms with Crippen LogP contribution in [0.4, 0.5) is 15.9 Å². The molecule has 0 aliphatic carbocycles. The number of nitrogens with zero attached hydrogens (tertiary/aromatic N) is 4. The molecule has 1 saturated heterocycles. The number of nitrogens with one attached hydrogen (secondary N) is 1. The highest BCUT2D eigenvalue weighted by Gasteiger charge is 2.28. The molecule has 1 aromatic heterocycles. The van der Waals surface area contributed by atoms with Crippen molar-refractivity contribution in [2.45, 2.75) is 26.2 Å². The van der Waals surface area contributed by atoms with Crippen LogP contribution in [0.25, 0.3) is 0 Å². The maximum atomic E-state index is 13.2. The van der Waals surface area contributed by atoms with Gasteiger partial charge in [0.05, 0.1) is 0 Å². The molecule has 0 saturated carbocycles. The summed E-state index contributed by atoms with van der Waals surface area (Å²) in [6, 6.07) is 6.63. The Labute approximate surface area is 158 Å². The number of rotatable bonds is 3. The number of fused-ring (bicyclic) bond motifs is 1. The Morgan fingerprint density at radius 3 is 2.37 bits per heavy atom. The van der Waals surface area contributed by atoms with E-state index in [0.29, 0.717) is 18.1 Å². The van der Waals surface area contributed by atoms with Crippen molar-refractivity contribution < 1.29 is 9.18 Å². The monoisotopic (exact) mass is 369 g/mol. The van der Waals surface area contributed by atoms with Gasteiger partial charge in [-0.2, -0.15) is 0 Å².